The zero-order chi connectivity index (χ0) is 25.6. The Bertz CT molecular complexity index is 1180. The molecule has 2 aliphatic heterocycles. The lowest BCUT2D eigenvalue weighted by Gasteiger charge is -2.32. The normalized spacial score (nSPS) is 17.6. The summed E-state index contributed by atoms with van der Waals surface area (Å²) in [6.45, 7) is 4.25. The second kappa shape index (κ2) is 12.0. The van der Waals surface area contributed by atoms with Crippen molar-refractivity contribution in [3.05, 3.63) is 87.6 Å². The minimum absolute atomic E-state index is 0.0686. The second-order valence-electron chi connectivity index (χ2n) is 10.0. The van der Waals surface area contributed by atoms with Crippen molar-refractivity contribution in [1.82, 2.24) is 20.1 Å². The number of amides is 2. The number of carbonyl (C=O) groups is 2. The number of carbonyl (C=O) groups excluding carboxylic acids is 2. The number of hydrogen-bond acceptors (Lipinski definition) is 5. The Morgan fingerprint density at radius 1 is 0.919 bits per heavy atom. The molecule has 2 fully saturated rings. The first-order valence-corrected chi connectivity index (χ1v) is 14.0. The van der Waals surface area contributed by atoms with Gasteiger partial charge in [-0.15, -0.1) is 11.3 Å². The molecule has 2 saturated heterocycles. The lowest BCUT2D eigenvalue weighted by Crippen LogP contribution is -2.44. The van der Waals surface area contributed by atoms with Crippen LogP contribution >= 0.6 is 11.3 Å². The number of nitrogens with zero attached hydrogens (tertiary/aromatic N) is 3. The minimum Gasteiger partial charge on any atom is -0.348 e. The average Bonchev–Trinajstić information content (AvgIpc) is 3.42. The first-order chi connectivity index (χ1) is 18.0. The summed E-state index contributed by atoms with van der Waals surface area (Å²) >= 11 is 1.54. The fraction of sp³-hybridized carbons (Fsp3) is 0.414. The lowest BCUT2D eigenvalue weighted by molar-refractivity contribution is -0.131. The third-order valence-corrected chi connectivity index (χ3v) is 8.40. The van der Waals surface area contributed by atoms with E-state index in [0.29, 0.717) is 18.8 Å². The molecule has 2 aromatic carbocycles. The van der Waals surface area contributed by atoms with Crippen molar-refractivity contribution in [2.24, 2.45) is 0 Å². The molecule has 0 saturated carbocycles. The van der Waals surface area contributed by atoms with Crippen LogP contribution in [0.4, 0.5) is 4.39 Å². The molecular formula is C29H33FN4O2S. The fourth-order valence-electron chi connectivity index (χ4n) is 5.18. The SMILES string of the molecule is O=C(NC1CCN(Cc2ccccc2)CC1)c1csc(C2CCN(C(=O)Cc3ccc(F)cc3)CC2)n1. The Morgan fingerprint density at radius 3 is 2.32 bits per heavy atom. The smallest absolute Gasteiger partial charge is 0.270 e. The molecule has 6 nitrogen and oxygen atoms in total. The van der Waals surface area contributed by atoms with Crippen LogP contribution in [-0.4, -0.2) is 58.8 Å². The summed E-state index contributed by atoms with van der Waals surface area (Å²) in [5.74, 6) is -0.0459. The average molecular weight is 521 g/mol. The maximum atomic E-state index is 13.1. The molecule has 0 bridgehead atoms. The molecule has 8 heteroatoms. The Balaban J connectivity index is 1.06. The highest BCUT2D eigenvalue weighted by Gasteiger charge is 2.27. The van der Waals surface area contributed by atoms with Gasteiger partial charge in [0.1, 0.15) is 11.5 Å². The number of rotatable bonds is 7. The maximum Gasteiger partial charge on any atom is 0.270 e. The highest BCUT2D eigenvalue weighted by molar-refractivity contribution is 7.09. The molecule has 0 atom stereocenters. The molecule has 1 N–H and O–H groups in total. The van der Waals surface area contributed by atoms with Crippen LogP contribution in [0.2, 0.25) is 0 Å². The van der Waals surface area contributed by atoms with Crippen molar-refractivity contribution >= 4 is 23.2 Å². The highest BCUT2D eigenvalue weighted by atomic mass is 32.1. The molecule has 1 aromatic heterocycles. The van der Waals surface area contributed by atoms with Crippen LogP contribution in [0.15, 0.2) is 60.0 Å². The van der Waals surface area contributed by atoms with Gasteiger partial charge in [0, 0.05) is 50.1 Å². The van der Waals surface area contributed by atoms with E-state index in [4.69, 9.17) is 0 Å². The standard InChI is InChI=1S/C29H33FN4O2S/c30-24-8-6-21(7-9-24)18-27(35)34-16-10-23(11-17-34)29-32-26(20-37-29)28(36)31-25-12-14-33(15-13-25)19-22-4-2-1-3-5-22/h1-9,20,23,25H,10-19H2,(H,31,36). The van der Waals surface area contributed by atoms with E-state index in [0.717, 1.165) is 55.9 Å². The van der Waals surface area contributed by atoms with Gasteiger partial charge in [-0.25, -0.2) is 9.37 Å². The molecule has 5 rings (SSSR count). The van der Waals surface area contributed by atoms with Crippen molar-refractivity contribution in [1.29, 1.82) is 0 Å². The van der Waals surface area contributed by atoms with Gasteiger partial charge in [0.25, 0.3) is 5.91 Å². The van der Waals surface area contributed by atoms with Gasteiger partial charge in [-0.2, -0.15) is 0 Å². The van der Waals surface area contributed by atoms with Crippen molar-refractivity contribution in [3.8, 4) is 0 Å². The summed E-state index contributed by atoms with van der Waals surface area (Å²) < 4.78 is 13.1. The molecule has 0 spiro atoms. The molecule has 2 aliphatic rings. The second-order valence-corrected chi connectivity index (χ2v) is 10.9. The predicted molar refractivity (Wildman–Crippen MR) is 143 cm³/mol. The first kappa shape index (κ1) is 25.5. The molecular weight excluding hydrogens is 487 g/mol. The van der Waals surface area contributed by atoms with Gasteiger partial charge < -0.3 is 10.2 Å². The quantitative estimate of drug-likeness (QED) is 0.494. The van der Waals surface area contributed by atoms with Crippen LogP contribution < -0.4 is 5.32 Å². The zero-order valence-corrected chi connectivity index (χ0v) is 21.8. The Hall–Kier alpha value is -3.10. The summed E-state index contributed by atoms with van der Waals surface area (Å²) in [6, 6.07) is 16.8. The zero-order valence-electron chi connectivity index (χ0n) is 20.9. The molecule has 0 aliphatic carbocycles. The van der Waals surface area contributed by atoms with E-state index >= 15 is 0 Å². The summed E-state index contributed by atoms with van der Waals surface area (Å²) in [5, 5.41) is 6.03. The van der Waals surface area contributed by atoms with Crippen LogP contribution in [0.3, 0.4) is 0 Å². The third-order valence-electron chi connectivity index (χ3n) is 7.39. The van der Waals surface area contributed by atoms with E-state index in [9.17, 15) is 14.0 Å². The van der Waals surface area contributed by atoms with Gasteiger partial charge in [-0.3, -0.25) is 14.5 Å². The first-order valence-electron chi connectivity index (χ1n) is 13.1. The van der Waals surface area contributed by atoms with Gasteiger partial charge in [0.2, 0.25) is 5.91 Å². The molecule has 37 heavy (non-hydrogen) atoms. The van der Waals surface area contributed by atoms with E-state index in [1.165, 1.54) is 17.7 Å². The maximum absolute atomic E-state index is 13.1. The monoisotopic (exact) mass is 520 g/mol. The third kappa shape index (κ3) is 6.81. The predicted octanol–water partition coefficient (Wildman–Crippen LogP) is 4.63. The molecule has 2 amide bonds. The number of thiazole rings is 1. The molecule has 3 aromatic rings. The number of nitrogens with one attached hydrogen (secondary N) is 1. The molecule has 0 radical (unpaired) electrons. The van der Waals surface area contributed by atoms with Gasteiger partial charge in [-0.1, -0.05) is 42.5 Å². The number of benzene rings is 2. The summed E-state index contributed by atoms with van der Waals surface area (Å²) in [5.41, 5.74) is 2.65. The van der Waals surface area contributed by atoms with Crippen molar-refractivity contribution in [2.75, 3.05) is 26.2 Å². The number of likely N-dealkylation sites (tertiary alicyclic amines) is 2. The topological polar surface area (TPSA) is 65.5 Å². The van der Waals surface area contributed by atoms with E-state index in [-0.39, 0.29) is 36.0 Å². The van der Waals surface area contributed by atoms with Crippen molar-refractivity contribution in [3.63, 3.8) is 0 Å². The van der Waals surface area contributed by atoms with Crippen molar-refractivity contribution < 1.29 is 14.0 Å². The van der Waals surface area contributed by atoms with Gasteiger partial charge in [0.05, 0.1) is 11.4 Å². The number of piperidine rings is 2. The van der Waals surface area contributed by atoms with Crippen molar-refractivity contribution in [2.45, 2.75) is 50.6 Å². The van der Waals surface area contributed by atoms with Crippen LogP contribution in [0, 0.1) is 5.82 Å². The summed E-state index contributed by atoms with van der Waals surface area (Å²) in [4.78, 5) is 34.5. The van der Waals surface area contributed by atoms with E-state index < -0.39 is 0 Å². The van der Waals surface area contributed by atoms with Crippen LogP contribution in [-0.2, 0) is 17.8 Å². The van der Waals surface area contributed by atoms with Crippen LogP contribution in [0.25, 0.3) is 0 Å². The number of halogens is 1. The summed E-state index contributed by atoms with van der Waals surface area (Å²) in [7, 11) is 0. The van der Waals surface area contributed by atoms with E-state index in [1.54, 1.807) is 23.5 Å². The molecule has 3 heterocycles. The van der Waals surface area contributed by atoms with Gasteiger partial charge in [0.15, 0.2) is 0 Å². The number of aromatic nitrogens is 1. The fourth-order valence-corrected chi connectivity index (χ4v) is 6.15. The lowest BCUT2D eigenvalue weighted by atomic mass is 9.97. The molecule has 194 valence electrons. The van der Waals surface area contributed by atoms with Gasteiger partial charge >= 0.3 is 0 Å². The Kier molecular flexibility index (Phi) is 8.26. The summed E-state index contributed by atoms with van der Waals surface area (Å²) in [6.07, 6.45) is 3.85. The highest BCUT2D eigenvalue weighted by Crippen LogP contribution is 2.30. The largest absolute Gasteiger partial charge is 0.348 e. The molecule has 0 unspecified atom stereocenters. The number of hydrogen-bond donors (Lipinski definition) is 1. The minimum atomic E-state index is -0.294. The van der Waals surface area contributed by atoms with E-state index in [2.05, 4.69) is 39.5 Å². The van der Waals surface area contributed by atoms with Crippen LogP contribution in [0.5, 0.6) is 0 Å². The Morgan fingerprint density at radius 2 is 1.62 bits per heavy atom. The van der Waals surface area contributed by atoms with Gasteiger partial charge in [-0.05, 0) is 48.9 Å². The van der Waals surface area contributed by atoms with Crippen LogP contribution in [0.1, 0.15) is 58.2 Å². The van der Waals surface area contributed by atoms with E-state index in [1.807, 2.05) is 16.3 Å². The Labute approximate surface area is 221 Å².